The molecule has 7 heteroatoms. The lowest BCUT2D eigenvalue weighted by molar-refractivity contribution is -0.120. The number of likely N-dealkylation sites (N-methyl/N-ethyl adjacent to an activating group) is 1. The van der Waals surface area contributed by atoms with Gasteiger partial charge in [-0.15, -0.1) is 0 Å². The summed E-state index contributed by atoms with van der Waals surface area (Å²) in [6.07, 6.45) is 3.19. The number of rotatable bonds is 6. The van der Waals surface area contributed by atoms with Crippen molar-refractivity contribution in [2.45, 2.75) is 47.4 Å². The van der Waals surface area contributed by atoms with Crippen LogP contribution in [0.25, 0.3) is 0 Å². The second-order valence-corrected chi connectivity index (χ2v) is 8.84. The van der Waals surface area contributed by atoms with E-state index in [-0.39, 0.29) is 15.7 Å². The van der Waals surface area contributed by atoms with Crippen molar-refractivity contribution in [3.8, 4) is 0 Å². The van der Waals surface area contributed by atoms with Crippen LogP contribution in [-0.2, 0) is 21.1 Å². The van der Waals surface area contributed by atoms with Gasteiger partial charge >= 0.3 is 0 Å². The van der Waals surface area contributed by atoms with Crippen LogP contribution < -0.4 is 11.1 Å². The van der Waals surface area contributed by atoms with Crippen molar-refractivity contribution in [1.82, 2.24) is 5.32 Å². The number of halogens is 1. The number of benzene rings is 2. The van der Waals surface area contributed by atoms with E-state index in [1.807, 2.05) is 6.07 Å². The van der Waals surface area contributed by atoms with Crippen LogP contribution in [0, 0.1) is 5.82 Å². The summed E-state index contributed by atoms with van der Waals surface area (Å²) in [5.41, 5.74) is 7.45. The topological polar surface area (TPSA) is 89.3 Å². The molecule has 27 heavy (non-hydrogen) atoms. The number of nitrogens with two attached hydrogens (primary N) is 1. The first kappa shape index (κ1) is 19.5. The van der Waals surface area contributed by atoms with Gasteiger partial charge in [-0.05, 0) is 80.1 Å². The van der Waals surface area contributed by atoms with E-state index in [4.69, 9.17) is 5.73 Å². The quantitative estimate of drug-likeness (QED) is 0.793. The molecular formula is C20H23FN2O3S. The fourth-order valence-corrected chi connectivity index (χ4v) is 5.08. The molecule has 1 aliphatic rings. The lowest BCUT2D eigenvalue weighted by Crippen LogP contribution is -2.40. The Morgan fingerprint density at radius 3 is 2.67 bits per heavy atom. The molecule has 3 rings (SSSR count). The van der Waals surface area contributed by atoms with E-state index in [0.717, 1.165) is 36.5 Å². The van der Waals surface area contributed by atoms with Gasteiger partial charge in [0.1, 0.15) is 5.82 Å². The standard InChI is InChI=1S/C20H23FN2O3S/c1-23-19(20(22)24)11-14-5-2-4-13-10-17(8-9-18(13)14)27(25,26)16-7-3-6-15(21)12-16/h3,6-10,12,14,19,23H,2,4-5,11H2,1H3,(H2,22,24). The van der Waals surface area contributed by atoms with Gasteiger partial charge in [0.25, 0.3) is 0 Å². The molecule has 2 aromatic carbocycles. The summed E-state index contributed by atoms with van der Waals surface area (Å²) in [6.45, 7) is 0. The zero-order valence-corrected chi connectivity index (χ0v) is 15.9. The molecule has 1 amide bonds. The minimum absolute atomic E-state index is 0.0567. The van der Waals surface area contributed by atoms with Crippen molar-refractivity contribution < 1.29 is 17.6 Å². The number of aryl methyl sites for hydroxylation is 1. The molecule has 0 aliphatic heterocycles. The number of sulfone groups is 1. The van der Waals surface area contributed by atoms with Gasteiger partial charge in [-0.25, -0.2) is 12.8 Å². The first-order valence-corrected chi connectivity index (χ1v) is 10.4. The van der Waals surface area contributed by atoms with Gasteiger partial charge in [-0.1, -0.05) is 12.1 Å². The third-order valence-corrected chi connectivity index (χ3v) is 6.93. The largest absolute Gasteiger partial charge is 0.368 e. The Balaban J connectivity index is 1.94. The summed E-state index contributed by atoms with van der Waals surface area (Å²) < 4.78 is 39.1. The van der Waals surface area contributed by atoms with Crippen LogP contribution in [0.4, 0.5) is 4.39 Å². The van der Waals surface area contributed by atoms with E-state index >= 15 is 0 Å². The van der Waals surface area contributed by atoms with Crippen LogP contribution in [0.3, 0.4) is 0 Å². The zero-order chi connectivity index (χ0) is 19.6. The zero-order valence-electron chi connectivity index (χ0n) is 15.1. The maximum Gasteiger partial charge on any atom is 0.234 e. The Hall–Kier alpha value is -2.25. The third kappa shape index (κ3) is 4.04. The maximum absolute atomic E-state index is 13.4. The molecule has 0 bridgehead atoms. The molecule has 3 N–H and O–H groups in total. The van der Waals surface area contributed by atoms with Crippen molar-refractivity contribution in [2.75, 3.05) is 7.05 Å². The number of carbonyl (C=O) groups excluding carboxylic acids is 1. The predicted octanol–water partition coefficient (Wildman–Crippen LogP) is 2.54. The van der Waals surface area contributed by atoms with E-state index in [1.54, 1.807) is 19.2 Å². The summed E-state index contributed by atoms with van der Waals surface area (Å²) in [4.78, 5) is 11.6. The van der Waals surface area contributed by atoms with Crippen molar-refractivity contribution in [1.29, 1.82) is 0 Å². The Kier molecular flexibility index (Phi) is 5.62. The van der Waals surface area contributed by atoms with E-state index < -0.39 is 27.6 Å². The average molecular weight is 390 g/mol. The van der Waals surface area contributed by atoms with Gasteiger partial charge in [0.15, 0.2) is 0 Å². The number of primary amides is 1. The minimum Gasteiger partial charge on any atom is -0.368 e. The number of hydrogen-bond acceptors (Lipinski definition) is 4. The molecule has 0 radical (unpaired) electrons. The monoisotopic (exact) mass is 390 g/mol. The van der Waals surface area contributed by atoms with Gasteiger partial charge in [0, 0.05) is 0 Å². The second kappa shape index (κ2) is 7.78. The third-order valence-electron chi connectivity index (χ3n) is 5.18. The molecular weight excluding hydrogens is 367 g/mol. The molecule has 2 aromatic rings. The molecule has 0 aromatic heterocycles. The number of fused-ring (bicyclic) bond motifs is 1. The van der Waals surface area contributed by atoms with Crippen LogP contribution in [0.15, 0.2) is 52.3 Å². The second-order valence-electron chi connectivity index (χ2n) is 6.89. The van der Waals surface area contributed by atoms with Gasteiger partial charge in [0.2, 0.25) is 15.7 Å². The molecule has 2 atom stereocenters. The molecule has 5 nitrogen and oxygen atoms in total. The molecule has 1 aliphatic carbocycles. The SMILES string of the molecule is CNC(CC1CCCc2cc(S(=O)(=O)c3cccc(F)c3)ccc21)C(N)=O. The van der Waals surface area contributed by atoms with Crippen LogP contribution in [0.5, 0.6) is 0 Å². The van der Waals surface area contributed by atoms with Gasteiger partial charge in [-0.2, -0.15) is 0 Å². The smallest absolute Gasteiger partial charge is 0.234 e. The highest BCUT2D eigenvalue weighted by Crippen LogP contribution is 2.36. The van der Waals surface area contributed by atoms with E-state index in [0.29, 0.717) is 6.42 Å². The van der Waals surface area contributed by atoms with E-state index in [2.05, 4.69) is 5.32 Å². The van der Waals surface area contributed by atoms with E-state index in [1.165, 1.54) is 18.2 Å². The van der Waals surface area contributed by atoms with Crippen molar-refractivity contribution >= 4 is 15.7 Å². The van der Waals surface area contributed by atoms with Crippen molar-refractivity contribution in [3.05, 3.63) is 59.4 Å². The first-order chi connectivity index (χ1) is 12.8. The van der Waals surface area contributed by atoms with Gasteiger partial charge in [-0.3, -0.25) is 4.79 Å². The summed E-state index contributed by atoms with van der Waals surface area (Å²) in [6, 6.07) is 9.67. The number of amides is 1. The van der Waals surface area contributed by atoms with Gasteiger partial charge in [0.05, 0.1) is 15.8 Å². The van der Waals surface area contributed by atoms with Crippen LogP contribution in [-0.4, -0.2) is 27.4 Å². The summed E-state index contributed by atoms with van der Waals surface area (Å²) in [7, 11) is -2.08. The maximum atomic E-state index is 13.4. The fourth-order valence-electron chi connectivity index (χ4n) is 3.73. The fraction of sp³-hybridized carbons (Fsp3) is 0.350. The molecule has 0 saturated heterocycles. The van der Waals surface area contributed by atoms with Gasteiger partial charge < -0.3 is 11.1 Å². The molecule has 0 fully saturated rings. The normalized spacial score (nSPS) is 17.9. The molecule has 0 saturated carbocycles. The number of carbonyl (C=O) groups is 1. The highest BCUT2D eigenvalue weighted by atomic mass is 32.2. The van der Waals surface area contributed by atoms with Crippen LogP contribution in [0.2, 0.25) is 0 Å². The Morgan fingerprint density at radius 1 is 1.26 bits per heavy atom. The molecule has 0 heterocycles. The van der Waals surface area contributed by atoms with Crippen molar-refractivity contribution in [3.63, 3.8) is 0 Å². The Bertz CT molecular complexity index is 959. The highest BCUT2D eigenvalue weighted by molar-refractivity contribution is 7.91. The van der Waals surface area contributed by atoms with Crippen LogP contribution in [0.1, 0.15) is 36.3 Å². The Labute approximate surface area is 158 Å². The molecule has 144 valence electrons. The number of hydrogen-bond donors (Lipinski definition) is 2. The average Bonchev–Trinajstić information content (AvgIpc) is 2.65. The van der Waals surface area contributed by atoms with Crippen LogP contribution >= 0.6 is 0 Å². The predicted molar refractivity (Wildman–Crippen MR) is 101 cm³/mol. The first-order valence-electron chi connectivity index (χ1n) is 8.93. The highest BCUT2D eigenvalue weighted by Gasteiger charge is 2.27. The summed E-state index contributed by atoms with van der Waals surface area (Å²) in [5.74, 6) is -0.835. The minimum atomic E-state index is -3.78. The summed E-state index contributed by atoms with van der Waals surface area (Å²) >= 11 is 0. The van der Waals surface area contributed by atoms with E-state index in [9.17, 15) is 17.6 Å². The molecule has 0 spiro atoms. The lowest BCUT2D eigenvalue weighted by atomic mass is 9.79. The molecule has 2 unspecified atom stereocenters. The number of nitrogens with one attached hydrogen (secondary N) is 1. The summed E-state index contributed by atoms with van der Waals surface area (Å²) in [5, 5.41) is 2.94. The Morgan fingerprint density at radius 2 is 2.00 bits per heavy atom. The van der Waals surface area contributed by atoms with Crippen molar-refractivity contribution in [2.24, 2.45) is 5.73 Å². The lowest BCUT2D eigenvalue weighted by Gasteiger charge is -2.28.